The topological polar surface area (TPSA) is 21.3 Å². The Labute approximate surface area is 302 Å². The molecule has 3 aliphatic rings. The molecule has 2 aromatic heterocycles. The van der Waals surface area contributed by atoms with Crippen molar-refractivity contribution in [1.82, 2.24) is 4.57 Å². The third kappa shape index (κ3) is 4.39. The summed E-state index contributed by atoms with van der Waals surface area (Å²) in [6, 6.07) is 50.4. The van der Waals surface area contributed by atoms with Crippen LogP contribution in [-0.2, 0) is 0 Å². The smallest absolute Gasteiger partial charge is 0.143 e. The summed E-state index contributed by atoms with van der Waals surface area (Å²) >= 11 is 0. The average Bonchev–Trinajstić information content (AvgIpc) is 3.79. The summed E-state index contributed by atoms with van der Waals surface area (Å²) in [5, 5.41) is 4.85. The molecule has 0 radical (unpaired) electrons. The molecule has 0 saturated carbocycles. The highest BCUT2D eigenvalue weighted by molar-refractivity contribution is 6.11. The number of para-hydroxylation sites is 5. The van der Waals surface area contributed by atoms with Crippen molar-refractivity contribution in [3.8, 4) is 5.69 Å². The Morgan fingerprint density at radius 2 is 1.42 bits per heavy atom. The van der Waals surface area contributed by atoms with Gasteiger partial charge in [0.15, 0.2) is 0 Å². The summed E-state index contributed by atoms with van der Waals surface area (Å²) in [7, 11) is 0. The number of allylic oxidation sites excluding steroid dienone is 7. The van der Waals surface area contributed by atoms with Gasteiger partial charge in [0.2, 0.25) is 0 Å². The van der Waals surface area contributed by atoms with E-state index in [1.807, 2.05) is 6.07 Å². The molecule has 52 heavy (non-hydrogen) atoms. The van der Waals surface area contributed by atoms with Gasteiger partial charge in [-0.2, -0.15) is 0 Å². The van der Waals surface area contributed by atoms with Gasteiger partial charge in [-0.1, -0.05) is 134 Å². The first-order chi connectivity index (χ1) is 25.8. The molecule has 1 aliphatic heterocycles. The Hall–Kier alpha value is -6.58. The van der Waals surface area contributed by atoms with Crippen LogP contribution in [0, 0.1) is 0 Å². The summed E-state index contributed by atoms with van der Waals surface area (Å²) in [4.78, 5) is 2.57. The predicted molar refractivity (Wildman–Crippen MR) is 217 cm³/mol. The van der Waals surface area contributed by atoms with Crippen LogP contribution in [0.15, 0.2) is 192 Å². The normalized spacial score (nSPS) is 18.1. The molecule has 0 saturated heterocycles. The lowest BCUT2D eigenvalue weighted by molar-refractivity contribution is 0.668. The van der Waals surface area contributed by atoms with Crippen molar-refractivity contribution in [2.24, 2.45) is 0 Å². The Balaban J connectivity index is 0.993. The van der Waals surface area contributed by atoms with Crippen LogP contribution < -0.4 is 4.90 Å². The minimum absolute atomic E-state index is 0.186. The maximum absolute atomic E-state index is 6.48. The van der Waals surface area contributed by atoms with E-state index in [1.54, 1.807) is 0 Å². The second-order valence-corrected chi connectivity index (χ2v) is 14.0. The Morgan fingerprint density at radius 1 is 0.635 bits per heavy atom. The van der Waals surface area contributed by atoms with Crippen LogP contribution in [0.3, 0.4) is 0 Å². The van der Waals surface area contributed by atoms with E-state index >= 15 is 0 Å². The number of aromatic nitrogens is 1. The van der Waals surface area contributed by atoms with Gasteiger partial charge in [0.1, 0.15) is 11.2 Å². The van der Waals surface area contributed by atoms with Crippen LogP contribution >= 0.6 is 0 Å². The van der Waals surface area contributed by atoms with E-state index in [2.05, 4.69) is 185 Å². The zero-order valence-electron chi connectivity index (χ0n) is 28.5. The van der Waals surface area contributed by atoms with Crippen LogP contribution in [0.2, 0.25) is 0 Å². The third-order valence-electron chi connectivity index (χ3n) is 11.2. The maximum Gasteiger partial charge on any atom is 0.143 e. The SMILES string of the molecule is C1=CCC(N2c3ccccc3C3C=C(c4ccc5c(c4)c4ccccc4n5-c4ccccc4)C=CC32)=CC(c2cccc3c2oc2ccccc23)=C1. The lowest BCUT2D eigenvalue weighted by Crippen LogP contribution is -2.32. The zero-order chi connectivity index (χ0) is 34.2. The van der Waals surface area contributed by atoms with E-state index in [4.69, 9.17) is 4.42 Å². The summed E-state index contributed by atoms with van der Waals surface area (Å²) in [6.07, 6.45) is 17.2. The van der Waals surface area contributed by atoms with Crippen molar-refractivity contribution >= 4 is 60.6 Å². The van der Waals surface area contributed by atoms with Gasteiger partial charge in [0, 0.05) is 56.5 Å². The molecule has 3 nitrogen and oxygen atoms in total. The number of fused-ring (bicyclic) bond motifs is 9. The van der Waals surface area contributed by atoms with Gasteiger partial charge in [0.05, 0.1) is 17.1 Å². The van der Waals surface area contributed by atoms with Crippen molar-refractivity contribution in [3.63, 3.8) is 0 Å². The fourth-order valence-corrected chi connectivity index (χ4v) is 8.84. The highest BCUT2D eigenvalue weighted by Crippen LogP contribution is 2.49. The van der Waals surface area contributed by atoms with Crippen molar-refractivity contribution in [3.05, 3.63) is 204 Å². The molecule has 2 aliphatic carbocycles. The first-order valence-electron chi connectivity index (χ1n) is 18.2. The van der Waals surface area contributed by atoms with Gasteiger partial charge >= 0.3 is 0 Å². The molecule has 3 heterocycles. The molecule has 0 amide bonds. The maximum atomic E-state index is 6.48. The van der Waals surface area contributed by atoms with Gasteiger partial charge in [-0.05, 0) is 70.8 Å². The summed E-state index contributed by atoms with van der Waals surface area (Å²) < 4.78 is 8.86. The van der Waals surface area contributed by atoms with E-state index in [1.165, 1.54) is 55.6 Å². The largest absolute Gasteiger partial charge is 0.455 e. The standard InChI is InChI=1S/C49H34N2O/c1-2-14-35(15-3-1)50-44-22-9-6-17-38(44)42-30-32(25-27-46(42)50)33-26-28-47-43(31-33)39-18-7-10-23-45(39)51(47)36-16-5-4-13-34(29-36)37-20-12-21-41-40-19-8-11-24-48(40)52-49(37)41/h1-15,17-31,43,47H,16H2. The summed E-state index contributed by atoms with van der Waals surface area (Å²) in [5.41, 5.74) is 14.2. The molecular formula is C49H34N2O. The van der Waals surface area contributed by atoms with Gasteiger partial charge in [0.25, 0.3) is 0 Å². The molecule has 2 atom stereocenters. The molecule has 0 fully saturated rings. The Bertz CT molecular complexity index is 2890. The monoisotopic (exact) mass is 666 g/mol. The number of furan rings is 1. The fourth-order valence-electron chi connectivity index (χ4n) is 8.84. The van der Waals surface area contributed by atoms with Crippen LogP contribution in [0.4, 0.5) is 5.69 Å². The van der Waals surface area contributed by atoms with E-state index in [9.17, 15) is 0 Å². The molecule has 11 rings (SSSR count). The first kappa shape index (κ1) is 29.2. The number of anilines is 1. The Morgan fingerprint density at radius 3 is 2.37 bits per heavy atom. The van der Waals surface area contributed by atoms with Crippen LogP contribution in [0.1, 0.15) is 29.0 Å². The highest BCUT2D eigenvalue weighted by atomic mass is 16.3. The van der Waals surface area contributed by atoms with Gasteiger partial charge in [-0.25, -0.2) is 0 Å². The van der Waals surface area contributed by atoms with E-state index in [0.717, 1.165) is 39.5 Å². The molecule has 8 aromatic rings. The molecule has 0 bridgehead atoms. The minimum atomic E-state index is 0.186. The van der Waals surface area contributed by atoms with Crippen LogP contribution in [0.25, 0.3) is 60.6 Å². The molecule has 0 N–H and O–H groups in total. The minimum Gasteiger partial charge on any atom is -0.455 e. The summed E-state index contributed by atoms with van der Waals surface area (Å²) in [5.74, 6) is 0.233. The first-order valence-corrected chi connectivity index (χ1v) is 18.2. The third-order valence-corrected chi connectivity index (χ3v) is 11.2. The lowest BCUT2D eigenvalue weighted by atomic mass is 9.86. The average molecular weight is 667 g/mol. The molecule has 6 aromatic carbocycles. The quantitative estimate of drug-likeness (QED) is 0.186. The fraction of sp³-hybridized carbons (Fsp3) is 0.0612. The number of hydrogen-bond donors (Lipinski definition) is 0. The van der Waals surface area contributed by atoms with E-state index in [-0.39, 0.29) is 12.0 Å². The van der Waals surface area contributed by atoms with Crippen molar-refractivity contribution in [1.29, 1.82) is 0 Å². The second kappa shape index (κ2) is 11.5. The van der Waals surface area contributed by atoms with Crippen molar-refractivity contribution in [2.75, 3.05) is 4.90 Å². The molecule has 3 heteroatoms. The molecule has 246 valence electrons. The van der Waals surface area contributed by atoms with Crippen molar-refractivity contribution < 1.29 is 4.42 Å². The number of hydrogen-bond acceptors (Lipinski definition) is 2. The predicted octanol–water partition coefficient (Wildman–Crippen LogP) is 12.5. The zero-order valence-corrected chi connectivity index (χ0v) is 28.5. The van der Waals surface area contributed by atoms with Gasteiger partial charge in [-0.3, -0.25) is 0 Å². The van der Waals surface area contributed by atoms with Crippen molar-refractivity contribution in [2.45, 2.75) is 18.4 Å². The molecule has 0 spiro atoms. The number of benzene rings is 6. The van der Waals surface area contributed by atoms with Crippen LogP contribution in [0.5, 0.6) is 0 Å². The number of rotatable bonds is 4. The van der Waals surface area contributed by atoms with Crippen LogP contribution in [-0.4, -0.2) is 10.6 Å². The molecular weight excluding hydrogens is 633 g/mol. The Kier molecular flexibility index (Phi) is 6.44. The lowest BCUT2D eigenvalue weighted by Gasteiger charge is -2.31. The van der Waals surface area contributed by atoms with Gasteiger partial charge < -0.3 is 13.9 Å². The van der Waals surface area contributed by atoms with E-state index in [0.29, 0.717) is 0 Å². The summed E-state index contributed by atoms with van der Waals surface area (Å²) in [6.45, 7) is 0. The highest BCUT2D eigenvalue weighted by Gasteiger charge is 2.39. The molecule has 2 unspecified atom stereocenters. The number of nitrogens with zero attached hydrogens (tertiary/aromatic N) is 2. The van der Waals surface area contributed by atoms with E-state index < -0.39 is 0 Å². The van der Waals surface area contributed by atoms with Gasteiger partial charge in [-0.15, -0.1) is 0 Å². The second-order valence-electron chi connectivity index (χ2n) is 14.0.